The average Bonchev–Trinajstić information content (AvgIpc) is 2.82. The number of rotatable bonds is 4. The van der Waals surface area contributed by atoms with Crippen LogP contribution in [0.5, 0.6) is 0 Å². The van der Waals surface area contributed by atoms with Gasteiger partial charge in [0.1, 0.15) is 0 Å². The Bertz CT molecular complexity index is 313. The summed E-state index contributed by atoms with van der Waals surface area (Å²) in [7, 11) is 0.195. The van der Waals surface area contributed by atoms with E-state index in [-0.39, 0.29) is 7.92 Å². The Morgan fingerprint density at radius 3 is 2.44 bits per heavy atom. The van der Waals surface area contributed by atoms with Crippen molar-refractivity contribution in [2.75, 3.05) is 6.16 Å². The second-order valence-electron chi connectivity index (χ2n) is 6.86. The van der Waals surface area contributed by atoms with Gasteiger partial charge in [0.2, 0.25) is 0 Å². The fourth-order valence-electron chi connectivity index (χ4n) is 3.40. The third-order valence-corrected chi connectivity index (χ3v) is 8.23. The highest BCUT2D eigenvalue weighted by Gasteiger charge is 2.31. The van der Waals surface area contributed by atoms with Crippen LogP contribution in [0, 0.1) is 0 Å². The molecule has 2 aliphatic carbocycles. The van der Waals surface area contributed by atoms with Crippen LogP contribution in [0.3, 0.4) is 0 Å². The lowest BCUT2D eigenvalue weighted by Crippen LogP contribution is -2.24. The Balaban J connectivity index is 1.92. The fraction of sp³-hybridized carbons (Fsp3) is 0.765. The van der Waals surface area contributed by atoms with Gasteiger partial charge in [-0.2, -0.15) is 0 Å². The molecule has 102 valence electrons. The van der Waals surface area contributed by atoms with Gasteiger partial charge < -0.3 is 0 Å². The van der Waals surface area contributed by atoms with Crippen molar-refractivity contribution in [2.45, 2.75) is 76.5 Å². The van der Waals surface area contributed by atoms with Crippen LogP contribution in [-0.2, 0) is 0 Å². The molecule has 0 radical (unpaired) electrons. The molecule has 2 rings (SSSR count). The van der Waals surface area contributed by atoms with Crippen molar-refractivity contribution in [1.82, 2.24) is 0 Å². The maximum absolute atomic E-state index is 2.48. The van der Waals surface area contributed by atoms with Crippen LogP contribution in [0.1, 0.15) is 65.7 Å². The summed E-state index contributed by atoms with van der Waals surface area (Å²) in [5, 5.41) is 0.546. The minimum atomic E-state index is 0.195. The third kappa shape index (κ3) is 3.95. The van der Waals surface area contributed by atoms with E-state index in [4.69, 9.17) is 0 Å². The summed E-state index contributed by atoms with van der Waals surface area (Å²) >= 11 is 0. The SMILES string of the molecule is CC(C)(C)P(CCC1=CC=CC1)C1CCCCC1. The first-order valence-electron chi connectivity index (χ1n) is 7.69. The van der Waals surface area contributed by atoms with Gasteiger partial charge in [0.05, 0.1) is 0 Å². The maximum Gasteiger partial charge on any atom is -0.0132 e. The van der Waals surface area contributed by atoms with Gasteiger partial charge in [-0.3, -0.25) is 0 Å². The quantitative estimate of drug-likeness (QED) is 0.556. The summed E-state index contributed by atoms with van der Waals surface area (Å²) < 4.78 is 0. The van der Waals surface area contributed by atoms with Gasteiger partial charge in [-0.25, -0.2) is 0 Å². The lowest BCUT2D eigenvalue weighted by Gasteiger charge is -2.40. The molecule has 0 spiro atoms. The van der Waals surface area contributed by atoms with Crippen LogP contribution >= 0.6 is 7.92 Å². The monoisotopic (exact) mass is 264 g/mol. The Labute approximate surface area is 115 Å². The van der Waals surface area contributed by atoms with E-state index < -0.39 is 0 Å². The van der Waals surface area contributed by atoms with Crippen molar-refractivity contribution in [3.8, 4) is 0 Å². The molecule has 0 aromatic heterocycles. The lowest BCUT2D eigenvalue weighted by atomic mass is 10.0. The fourth-order valence-corrected chi connectivity index (χ4v) is 7.05. The third-order valence-electron chi connectivity index (χ3n) is 4.40. The summed E-state index contributed by atoms with van der Waals surface area (Å²) in [4.78, 5) is 0. The van der Waals surface area contributed by atoms with Gasteiger partial charge in [0, 0.05) is 0 Å². The molecule has 2 aliphatic rings. The Kier molecular flexibility index (Phi) is 5.07. The van der Waals surface area contributed by atoms with Gasteiger partial charge in [0.15, 0.2) is 0 Å². The highest BCUT2D eigenvalue weighted by Crippen LogP contribution is 2.58. The number of allylic oxidation sites excluding steroid dienone is 4. The predicted molar refractivity (Wildman–Crippen MR) is 84.9 cm³/mol. The topological polar surface area (TPSA) is 0 Å². The molecule has 0 aromatic rings. The van der Waals surface area contributed by atoms with Crippen molar-refractivity contribution < 1.29 is 0 Å². The minimum Gasteiger partial charge on any atom is -0.0977 e. The molecule has 1 fully saturated rings. The van der Waals surface area contributed by atoms with Crippen molar-refractivity contribution in [1.29, 1.82) is 0 Å². The molecule has 0 bridgehead atoms. The van der Waals surface area contributed by atoms with E-state index in [0.717, 1.165) is 5.66 Å². The van der Waals surface area contributed by atoms with E-state index in [1.165, 1.54) is 51.1 Å². The predicted octanol–water partition coefficient (Wildman–Crippen LogP) is 5.88. The van der Waals surface area contributed by atoms with Crippen molar-refractivity contribution in [3.63, 3.8) is 0 Å². The Morgan fingerprint density at radius 2 is 1.89 bits per heavy atom. The first-order chi connectivity index (χ1) is 8.57. The van der Waals surface area contributed by atoms with Crippen LogP contribution in [0.15, 0.2) is 23.8 Å². The Morgan fingerprint density at radius 1 is 1.17 bits per heavy atom. The normalized spacial score (nSPS) is 23.2. The molecule has 0 saturated heterocycles. The summed E-state index contributed by atoms with van der Waals surface area (Å²) in [6.07, 6.45) is 18.4. The van der Waals surface area contributed by atoms with Gasteiger partial charge in [-0.1, -0.05) is 71.8 Å². The van der Waals surface area contributed by atoms with E-state index in [9.17, 15) is 0 Å². The summed E-state index contributed by atoms with van der Waals surface area (Å²) in [5.41, 5.74) is 2.73. The van der Waals surface area contributed by atoms with Gasteiger partial charge >= 0.3 is 0 Å². The smallest absolute Gasteiger partial charge is 0.0132 e. The minimum absolute atomic E-state index is 0.195. The molecule has 1 saturated carbocycles. The van der Waals surface area contributed by atoms with Crippen molar-refractivity contribution >= 4 is 7.92 Å². The van der Waals surface area contributed by atoms with Crippen LogP contribution < -0.4 is 0 Å². The first kappa shape index (κ1) is 14.3. The van der Waals surface area contributed by atoms with E-state index in [1.54, 1.807) is 5.57 Å². The molecule has 1 unspecified atom stereocenters. The van der Waals surface area contributed by atoms with Crippen LogP contribution in [0.2, 0.25) is 0 Å². The molecule has 0 aliphatic heterocycles. The molecule has 0 heterocycles. The molecule has 0 amide bonds. The Hall–Kier alpha value is -0.0900. The van der Waals surface area contributed by atoms with E-state index >= 15 is 0 Å². The molecular weight excluding hydrogens is 235 g/mol. The maximum atomic E-state index is 2.48. The molecule has 18 heavy (non-hydrogen) atoms. The average molecular weight is 264 g/mol. The molecule has 1 atom stereocenters. The second kappa shape index (κ2) is 6.38. The standard InChI is InChI=1S/C17H29P/c1-17(2,3)18(16-11-5-4-6-12-16)14-13-15-9-7-8-10-15/h7-9,16H,4-6,10-14H2,1-3H3. The zero-order valence-corrected chi connectivity index (χ0v) is 13.3. The molecular formula is C17H29P. The second-order valence-corrected chi connectivity index (χ2v) is 10.3. The highest BCUT2D eigenvalue weighted by molar-refractivity contribution is 7.60. The van der Waals surface area contributed by atoms with Crippen molar-refractivity contribution in [2.24, 2.45) is 0 Å². The molecule has 0 aromatic carbocycles. The van der Waals surface area contributed by atoms with Gasteiger partial charge in [-0.15, -0.1) is 0 Å². The van der Waals surface area contributed by atoms with Crippen molar-refractivity contribution in [3.05, 3.63) is 23.8 Å². The largest absolute Gasteiger partial charge is 0.0977 e. The number of hydrogen-bond donors (Lipinski definition) is 0. The summed E-state index contributed by atoms with van der Waals surface area (Å²) in [5.74, 6) is 0. The summed E-state index contributed by atoms with van der Waals surface area (Å²) in [6.45, 7) is 7.44. The highest BCUT2D eigenvalue weighted by atomic mass is 31.1. The van der Waals surface area contributed by atoms with Crippen LogP contribution in [0.4, 0.5) is 0 Å². The lowest BCUT2D eigenvalue weighted by molar-refractivity contribution is 0.504. The molecule has 1 heteroatoms. The van der Waals surface area contributed by atoms with E-state index in [0.29, 0.717) is 5.16 Å². The zero-order valence-electron chi connectivity index (χ0n) is 12.4. The molecule has 0 nitrogen and oxygen atoms in total. The van der Waals surface area contributed by atoms with E-state index in [2.05, 4.69) is 39.0 Å². The van der Waals surface area contributed by atoms with E-state index in [1.807, 2.05) is 0 Å². The molecule has 0 N–H and O–H groups in total. The zero-order chi connectivity index (χ0) is 13.0. The first-order valence-corrected chi connectivity index (χ1v) is 9.28. The van der Waals surface area contributed by atoms with Crippen LogP contribution in [0.25, 0.3) is 0 Å². The van der Waals surface area contributed by atoms with Gasteiger partial charge in [0.25, 0.3) is 0 Å². The van der Waals surface area contributed by atoms with Gasteiger partial charge in [-0.05, 0) is 42.7 Å². The number of hydrogen-bond acceptors (Lipinski definition) is 0. The van der Waals surface area contributed by atoms with Crippen LogP contribution in [-0.4, -0.2) is 17.0 Å². The summed E-state index contributed by atoms with van der Waals surface area (Å²) in [6, 6.07) is 0.